The van der Waals surface area contributed by atoms with Gasteiger partial charge in [-0.3, -0.25) is 9.59 Å². The third-order valence-corrected chi connectivity index (χ3v) is 3.94. The van der Waals surface area contributed by atoms with Crippen LogP contribution < -0.4 is 4.74 Å². The van der Waals surface area contributed by atoms with Crippen LogP contribution in [-0.4, -0.2) is 58.1 Å². The Kier molecular flexibility index (Phi) is 5.00. The minimum atomic E-state index is -1.76. The molecule has 1 fully saturated rings. The molecular weight excluding hydrogens is 302 g/mol. The average molecular weight is 321 g/mol. The number of carbonyl (C=O) groups is 3. The number of rotatable bonds is 5. The van der Waals surface area contributed by atoms with Crippen molar-refractivity contribution >= 4 is 17.7 Å². The SMILES string of the molecule is CC(=O)c1cccc(OCC(=O)N2CCC(O)(C(=O)O)CC2)c1. The predicted molar refractivity (Wildman–Crippen MR) is 80.3 cm³/mol. The summed E-state index contributed by atoms with van der Waals surface area (Å²) in [6.07, 6.45) is -0.0121. The standard InChI is InChI=1S/C16H19NO6/c1-11(18)12-3-2-4-13(9-12)23-10-14(19)17-7-5-16(22,6-8-17)15(20)21/h2-4,9,22H,5-8,10H2,1H3,(H,20,21). The molecular formula is C16H19NO6. The number of likely N-dealkylation sites (tertiary alicyclic amines) is 1. The summed E-state index contributed by atoms with van der Waals surface area (Å²) in [5.41, 5.74) is -1.26. The Balaban J connectivity index is 1.88. The van der Waals surface area contributed by atoms with Gasteiger partial charge in [-0.2, -0.15) is 0 Å². The van der Waals surface area contributed by atoms with E-state index in [1.165, 1.54) is 11.8 Å². The van der Waals surface area contributed by atoms with Gasteiger partial charge in [0.05, 0.1) is 0 Å². The highest BCUT2D eigenvalue weighted by Gasteiger charge is 2.40. The number of amides is 1. The van der Waals surface area contributed by atoms with Crippen molar-refractivity contribution in [2.45, 2.75) is 25.4 Å². The van der Waals surface area contributed by atoms with Crippen molar-refractivity contribution in [3.8, 4) is 5.75 Å². The molecule has 0 aliphatic carbocycles. The lowest BCUT2D eigenvalue weighted by Gasteiger charge is -2.35. The predicted octanol–water partition coefficient (Wildman–Crippen LogP) is 0.706. The van der Waals surface area contributed by atoms with Crippen LogP contribution in [0, 0.1) is 0 Å². The highest BCUT2D eigenvalue weighted by atomic mass is 16.5. The fraction of sp³-hybridized carbons (Fsp3) is 0.438. The minimum Gasteiger partial charge on any atom is -0.484 e. The first-order chi connectivity index (χ1) is 10.8. The normalized spacial score (nSPS) is 16.7. The van der Waals surface area contributed by atoms with Gasteiger partial charge in [-0.05, 0) is 19.1 Å². The van der Waals surface area contributed by atoms with Gasteiger partial charge in [-0.1, -0.05) is 12.1 Å². The largest absolute Gasteiger partial charge is 0.484 e. The lowest BCUT2D eigenvalue weighted by molar-refractivity contribution is -0.165. The summed E-state index contributed by atoms with van der Waals surface area (Å²) in [6, 6.07) is 6.55. The van der Waals surface area contributed by atoms with Crippen LogP contribution in [0.4, 0.5) is 0 Å². The molecule has 0 aromatic heterocycles. The van der Waals surface area contributed by atoms with Gasteiger partial charge < -0.3 is 19.8 Å². The van der Waals surface area contributed by atoms with Gasteiger partial charge in [0, 0.05) is 31.5 Å². The molecule has 0 radical (unpaired) electrons. The first-order valence-electron chi connectivity index (χ1n) is 7.29. The molecule has 1 aliphatic heterocycles. The second-order valence-corrected chi connectivity index (χ2v) is 5.59. The Bertz CT molecular complexity index is 619. The molecule has 1 aliphatic rings. The van der Waals surface area contributed by atoms with Crippen molar-refractivity contribution < 1.29 is 29.3 Å². The lowest BCUT2D eigenvalue weighted by atomic mass is 9.92. The smallest absolute Gasteiger partial charge is 0.335 e. The van der Waals surface area contributed by atoms with Crippen molar-refractivity contribution in [1.82, 2.24) is 4.90 Å². The van der Waals surface area contributed by atoms with Crippen LogP contribution in [0.15, 0.2) is 24.3 Å². The van der Waals surface area contributed by atoms with E-state index in [1.807, 2.05) is 0 Å². The van der Waals surface area contributed by atoms with Crippen LogP contribution in [-0.2, 0) is 9.59 Å². The summed E-state index contributed by atoms with van der Waals surface area (Å²) in [7, 11) is 0. The summed E-state index contributed by atoms with van der Waals surface area (Å²) in [5, 5.41) is 18.8. The maximum absolute atomic E-state index is 12.1. The number of piperidine rings is 1. The van der Waals surface area contributed by atoms with Gasteiger partial charge in [-0.25, -0.2) is 4.79 Å². The summed E-state index contributed by atoms with van der Waals surface area (Å²) < 4.78 is 5.39. The third kappa shape index (κ3) is 4.07. The van der Waals surface area contributed by atoms with Crippen LogP contribution >= 0.6 is 0 Å². The number of aliphatic hydroxyl groups is 1. The van der Waals surface area contributed by atoms with E-state index in [9.17, 15) is 19.5 Å². The van der Waals surface area contributed by atoms with E-state index in [-0.39, 0.29) is 44.2 Å². The zero-order valence-electron chi connectivity index (χ0n) is 12.8. The molecule has 1 aromatic rings. The average Bonchev–Trinajstić information content (AvgIpc) is 2.53. The number of benzene rings is 1. The molecule has 2 rings (SSSR count). The highest BCUT2D eigenvalue weighted by Crippen LogP contribution is 2.22. The van der Waals surface area contributed by atoms with E-state index in [4.69, 9.17) is 9.84 Å². The molecule has 1 amide bonds. The van der Waals surface area contributed by atoms with Crippen molar-refractivity contribution in [2.24, 2.45) is 0 Å². The molecule has 2 N–H and O–H groups in total. The van der Waals surface area contributed by atoms with Crippen LogP contribution in [0.1, 0.15) is 30.1 Å². The Morgan fingerprint density at radius 2 is 1.91 bits per heavy atom. The molecule has 0 unspecified atom stereocenters. The first kappa shape index (κ1) is 17.0. The van der Waals surface area contributed by atoms with E-state index < -0.39 is 11.6 Å². The third-order valence-electron chi connectivity index (χ3n) is 3.94. The number of hydrogen-bond acceptors (Lipinski definition) is 5. The van der Waals surface area contributed by atoms with E-state index in [2.05, 4.69) is 0 Å². The van der Waals surface area contributed by atoms with Crippen LogP contribution in [0.25, 0.3) is 0 Å². The number of nitrogens with zero attached hydrogens (tertiary/aromatic N) is 1. The zero-order chi connectivity index (χ0) is 17.0. The summed E-state index contributed by atoms with van der Waals surface area (Å²) >= 11 is 0. The number of carboxylic acid groups (broad SMARTS) is 1. The number of Topliss-reactive ketones (excluding diaryl/α,β-unsaturated/α-hetero) is 1. The molecule has 0 atom stereocenters. The van der Waals surface area contributed by atoms with E-state index in [1.54, 1.807) is 24.3 Å². The number of aliphatic carboxylic acids is 1. The van der Waals surface area contributed by atoms with Gasteiger partial charge in [0.1, 0.15) is 5.75 Å². The van der Waals surface area contributed by atoms with Gasteiger partial charge in [-0.15, -0.1) is 0 Å². The summed E-state index contributed by atoms with van der Waals surface area (Å²) in [5.74, 6) is -1.22. The number of carbonyl (C=O) groups excluding carboxylic acids is 2. The van der Waals surface area contributed by atoms with Crippen LogP contribution in [0.5, 0.6) is 5.75 Å². The van der Waals surface area contributed by atoms with Gasteiger partial charge in [0.15, 0.2) is 18.0 Å². The molecule has 1 heterocycles. The molecule has 0 bridgehead atoms. The van der Waals surface area contributed by atoms with Gasteiger partial charge in [0.2, 0.25) is 0 Å². The van der Waals surface area contributed by atoms with Crippen LogP contribution in [0.3, 0.4) is 0 Å². The molecule has 7 heteroatoms. The number of ether oxygens (including phenoxy) is 1. The highest BCUT2D eigenvalue weighted by molar-refractivity contribution is 5.94. The van der Waals surface area contributed by atoms with Crippen molar-refractivity contribution in [1.29, 1.82) is 0 Å². The molecule has 1 aromatic carbocycles. The first-order valence-corrected chi connectivity index (χ1v) is 7.29. The van der Waals surface area contributed by atoms with E-state index in [0.29, 0.717) is 11.3 Å². The Labute approximate surface area is 133 Å². The molecule has 7 nitrogen and oxygen atoms in total. The molecule has 0 spiro atoms. The maximum atomic E-state index is 12.1. The van der Waals surface area contributed by atoms with Crippen molar-refractivity contribution in [3.05, 3.63) is 29.8 Å². The van der Waals surface area contributed by atoms with E-state index in [0.717, 1.165) is 0 Å². The monoisotopic (exact) mass is 321 g/mol. The Morgan fingerprint density at radius 1 is 1.26 bits per heavy atom. The van der Waals surface area contributed by atoms with Crippen molar-refractivity contribution in [3.63, 3.8) is 0 Å². The second kappa shape index (κ2) is 6.78. The Hall–Kier alpha value is -2.41. The lowest BCUT2D eigenvalue weighted by Crippen LogP contribution is -2.51. The number of carboxylic acids is 1. The Morgan fingerprint density at radius 3 is 2.48 bits per heavy atom. The minimum absolute atomic E-state index is 0.00606. The zero-order valence-corrected chi connectivity index (χ0v) is 12.8. The van der Waals surface area contributed by atoms with Gasteiger partial charge >= 0.3 is 5.97 Å². The number of ketones is 1. The van der Waals surface area contributed by atoms with Gasteiger partial charge in [0.25, 0.3) is 5.91 Å². The van der Waals surface area contributed by atoms with E-state index >= 15 is 0 Å². The summed E-state index contributed by atoms with van der Waals surface area (Å²) in [6.45, 7) is 1.57. The fourth-order valence-corrected chi connectivity index (χ4v) is 2.38. The summed E-state index contributed by atoms with van der Waals surface area (Å²) in [4.78, 5) is 35.8. The number of hydrogen-bond donors (Lipinski definition) is 2. The second-order valence-electron chi connectivity index (χ2n) is 5.59. The quantitative estimate of drug-likeness (QED) is 0.774. The van der Waals surface area contributed by atoms with Crippen molar-refractivity contribution in [2.75, 3.05) is 19.7 Å². The van der Waals surface area contributed by atoms with Crippen LogP contribution in [0.2, 0.25) is 0 Å². The molecule has 23 heavy (non-hydrogen) atoms. The molecule has 124 valence electrons. The molecule has 0 saturated carbocycles. The fourth-order valence-electron chi connectivity index (χ4n) is 2.38. The topological polar surface area (TPSA) is 104 Å². The molecule has 1 saturated heterocycles. The maximum Gasteiger partial charge on any atom is 0.335 e.